The van der Waals surface area contributed by atoms with Crippen molar-refractivity contribution in [2.45, 2.75) is 66.8 Å². The van der Waals surface area contributed by atoms with Gasteiger partial charge in [-0.05, 0) is 99.9 Å². The second-order valence-electron chi connectivity index (χ2n) is 11.0. The maximum atomic E-state index is 10.8. The molecule has 44 heavy (non-hydrogen) atoms. The average molecular weight is 739 g/mol. The van der Waals surface area contributed by atoms with Gasteiger partial charge in [0.15, 0.2) is 12.5 Å². The molecule has 0 aromatic heterocycles. The van der Waals surface area contributed by atoms with Crippen molar-refractivity contribution >= 4 is 35.7 Å². The number of nitrogens with zero attached hydrogens (tertiary/aromatic N) is 2. The molecule has 2 radical (unpaired) electrons. The number of carbonyl (C=O) groups is 2. The molecule has 0 N–H and O–H groups in total. The zero-order valence-corrected chi connectivity index (χ0v) is 31.9. The number of anilines is 4. The monoisotopic (exact) mass is 738 g/mol. The third-order valence-corrected chi connectivity index (χ3v) is 8.29. The minimum absolute atomic E-state index is 0. The van der Waals surface area contributed by atoms with Crippen LogP contribution in [0, 0.1) is 39.8 Å². The summed E-state index contributed by atoms with van der Waals surface area (Å²) in [5.41, 5.74) is 14.5. The number of hydrogen-bond acceptors (Lipinski definition) is 6. The molecule has 0 amide bonds. The molecular formula is C36H36N2O4Y2-2. The van der Waals surface area contributed by atoms with Crippen LogP contribution in [0.4, 0.5) is 22.7 Å². The van der Waals surface area contributed by atoms with Crippen LogP contribution in [0.25, 0.3) is 0 Å². The molecule has 2 heterocycles. The van der Waals surface area contributed by atoms with Gasteiger partial charge in [-0.25, -0.2) is 0 Å². The molecule has 4 aromatic carbocycles. The molecule has 2 unspecified atom stereocenters. The van der Waals surface area contributed by atoms with Crippen molar-refractivity contribution < 1.29 is 84.5 Å². The predicted octanol–water partition coefficient (Wildman–Crippen LogP) is 7.32. The number of hydrogen-bond donors (Lipinski definition) is 0. The summed E-state index contributed by atoms with van der Waals surface area (Å²) in [6.45, 7) is 13.3. The van der Waals surface area contributed by atoms with Gasteiger partial charge in [0.25, 0.3) is 12.9 Å². The molecule has 0 bridgehead atoms. The minimum atomic E-state index is -0.344. The summed E-state index contributed by atoms with van der Waals surface area (Å²) in [5, 5.41) is 0. The fraction of sp³-hybridized carbons (Fsp3) is 0.278. The summed E-state index contributed by atoms with van der Waals surface area (Å²) in [6, 6.07) is 26.7. The molecule has 0 aliphatic carbocycles. The maximum absolute atomic E-state index is 10.8. The van der Waals surface area contributed by atoms with Gasteiger partial charge in [-0.3, -0.25) is 9.59 Å². The molecular weight excluding hydrogens is 702 g/mol. The summed E-state index contributed by atoms with van der Waals surface area (Å²) < 4.78 is 10.4. The zero-order chi connectivity index (χ0) is 30.0. The fourth-order valence-corrected chi connectivity index (χ4v) is 6.10. The standard InChI is InChI=1S/2C18H18NO2.2Y/c1-12-8-13(2)16-10-15-6-4-5-7-17(15)19(18(16)9-12)14(3)21-11-20;1-12-8-9-18-16(13(12)2)10-15-6-4-5-7-17(15)19(18)14(3)21-11-20;;/h2*5-9,11,14H,10H2,1-3H3;;/q2*-1;;. The fourth-order valence-electron chi connectivity index (χ4n) is 6.10. The van der Waals surface area contributed by atoms with E-state index in [2.05, 4.69) is 73.9 Å². The van der Waals surface area contributed by atoms with Crippen LogP contribution in [0.3, 0.4) is 0 Å². The molecule has 2 aliphatic heterocycles. The van der Waals surface area contributed by atoms with Crippen LogP contribution in [0.5, 0.6) is 0 Å². The van der Waals surface area contributed by atoms with E-state index < -0.39 is 0 Å². The van der Waals surface area contributed by atoms with Crippen molar-refractivity contribution in [2.75, 3.05) is 9.80 Å². The van der Waals surface area contributed by atoms with Crippen molar-refractivity contribution in [3.05, 3.63) is 117 Å². The van der Waals surface area contributed by atoms with Crippen LogP contribution in [-0.2, 0) is 97.3 Å². The third kappa shape index (κ3) is 7.20. The van der Waals surface area contributed by atoms with Gasteiger partial charge < -0.3 is 19.3 Å². The van der Waals surface area contributed by atoms with Crippen LogP contribution < -0.4 is 9.80 Å². The summed E-state index contributed by atoms with van der Waals surface area (Å²) in [4.78, 5) is 25.7. The Labute approximate surface area is 311 Å². The topological polar surface area (TPSA) is 59.1 Å². The van der Waals surface area contributed by atoms with E-state index >= 15 is 0 Å². The molecule has 4 aromatic rings. The smallest absolute Gasteiger partial charge is 0.295 e. The molecule has 2 atom stereocenters. The Bertz CT molecular complexity index is 1640. The quantitative estimate of drug-likeness (QED) is 0.153. The van der Waals surface area contributed by atoms with Crippen LogP contribution >= 0.6 is 0 Å². The van der Waals surface area contributed by atoms with Gasteiger partial charge in [-0.2, -0.15) is 36.4 Å². The Balaban J connectivity index is 0.000000230. The Morgan fingerprint density at radius 1 is 0.682 bits per heavy atom. The van der Waals surface area contributed by atoms with Gasteiger partial charge in [0.05, 0.1) is 0 Å². The molecule has 6 nitrogen and oxygen atoms in total. The second kappa shape index (κ2) is 15.8. The van der Waals surface area contributed by atoms with E-state index in [9.17, 15) is 9.59 Å². The summed E-state index contributed by atoms with van der Waals surface area (Å²) in [5.74, 6) is 0. The largest absolute Gasteiger partial charge is 0.444 e. The van der Waals surface area contributed by atoms with Crippen molar-refractivity contribution in [3.63, 3.8) is 0 Å². The number of ether oxygens (including phenoxy) is 2. The molecule has 6 rings (SSSR count). The number of carbonyl (C=O) groups excluding carboxylic acids is 2. The molecule has 2 aliphatic rings. The normalized spacial score (nSPS) is 13.5. The van der Waals surface area contributed by atoms with Gasteiger partial charge in [0.1, 0.15) is 0 Å². The summed E-state index contributed by atoms with van der Waals surface area (Å²) in [7, 11) is 0. The SMILES string of the molecule is Cc1cc(C)c2c(c1)N(C(C)OC=O)c1cc[c-]cc1C2.Cc1ccc2c(c1C)Cc1c[c-]ccc1N2C(C)OC=O.[Y].[Y]. The van der Waals surface area contributed by atoms with Crippen LogP contribution in [0.1, 0.15) is 58.4 Å². The average Bonchev–Trinajstić information content (AvgIpc) is 2.97. The summed E-state index contributed by atoms with van der Waals surface area (Å²) >= 11 is 0. The first kappa shape index (κ1) is 36.1. The Morgan fingerprint density at radius 2 is 1.20 bits per heavy atom. The first-order valence-electron chi connectivity index (χ1n) is 14.2. The van der Waals surface area contributed by atoms with E-state index in [0.29, 0.717) is 12.9 Å². The first-order chi connectivity index (χ1) is 20.2. The summed E-state index contributed by atoms with van der Waals surface area (Å²) in [6.07, 6.45) is 1.09. The first-order valence-corrected chi connectivity index (χ1v) is 14.2. The van der Waals surface area contributed by atoms with E-state index in [1.807, 2.05) is 50.2 Å². The van der Waals surface area contributed by atoms with E-state index in [0.717, 1.165) is 35.6 Å². The molecule has 0 saturated heterocycles. The van der Waals surface area contributed by atoms with Gasteiger partial charge in [0, 0.05) is 76.8 Å². The molecule has 8 heteroatoms. The number of rotatable bonds is 6. The van der Waals surface area contributed by atoms with Crippen LogP contribution in [0.2, 0.25) is 0 Å². The molecule has 0 spiro atoms. The van der Waals surface area contributed by atoms with Gasteiger partial charge in [-0.1, -0.05) is 23.5 Å². The zero-order valence-electron chi connectivity index (χ0n) is 26.2. The molecule has 0 saturated carbocycles. The Hall–Kier alpha value is -2.37. The van der Waals surface area contributed by atoms with Crippen molar-refractivity contribution in [3.8, 4) is 0 Å². The Kier molecular flexibility index (Phi) is 12.9. The van der Waals surface area contributed by atoms with E-state index in [-0.39, 0.29) is 77.9 Å². The van der Waals surface area contributed by atoms with Crippen molar-refractivity contribution in [2.24, 2.45) is 0 Å². The van der Waals surface area contributed by atoms with Crippen LogP contribution in [0.15, 0.2) is 60.7 Å². The van der Waals surface area contributed by atoms with E-state index in [4.69, 9.17) is 9.47 Å². The molecule has 0 fully saturated rings. The third-order valence-electron chi connectivity index (χ3n) is 8.29. The number of benzene rings is 4. The second-order valence-corrected chi connectivity index (χ2v) is 11.0. The Morgan fingerprint density at radius 3 is 1.75 bits per heavy atom. The van der Waals surface area contributed by atoms with Gasteiger partial charge >= 0.3 is 0 Å². The minimum Gasteiger partial charge on any atom is -0.444 e. The van der Waals surface area contributed by atoms with Gasteiger partial charge in [0.2, 0.25) is 0 Å². The maximum Gasteiger partial charge on any atom is 0.295 e. The molecule has 222 valence electrons. The predicted molar refractivity (Wildman–Crippen MR) is 165 cm³/mol. The van der Waals surface area contributed by atoms with E-state index in [1.54, 1.807) is 0 Å². The number of aryl methyl sites for hydroxylation is 3. The van der Waals surface area contributed by atoms with E-state index in [1.165, 1.54) is 44.5 Å². The van der Waals surface area contributed by atoms with Crippen molar-refractivity contribution in [1.82, 2.24) is 0 Å². The van der Waals surface area contributed by atoms with Crippen molar-refractivity contribution in [1.29, 1.82) is 0 Å². The van der Waals surface area contributed by atoms with Crippen LogP contribution in [-0.4, -0.2) is 25.4 Å². The number of fused-ring (bicyclic) bond motifs is 4. The van der Waals surface area contributed by atoms with Gasteiger partial charge in [-0.15, -0.1) is 23.3 Å².